The molecule has 0 spiro atoms. The van der Waals surface area contributed by atoms with E-state index >= 15 is 0 Å². The molecule has 0 aliphatic heterocycles. The summed E-state index contributed by atoms with van der Waals surface area (Å²) in [4.78, 5) is 9.30. The average Bonchev–Trinajstić information content (AvgIpc) is 3.29. The Morgan fingerprint density at radius 2 is 1.55 bits per heavy atom. The van der Waals surface area contributed by atoms with Crippen LogP contribution in [0.2, 0.25) is 0 Å². The highest BCUT2D eigenvalue weighted by Gasteiger charge is 2.31. The van der Waals surface area contributed by atoms with Crippen molar-refractivity contribution in [3.8, 4) is 33.6 Å². The van der Waals surface area contributed by atoms with Crippen molar-refractivity contribution in [2.24, 2.45) is 0 Å². The monoisotopic (exact) mass is 529 g/mol. The van der Waals surface area contributed by atoms with Gasteiger partial charge < -0.3 is 10.1 Å². The first-order valence-electron chi connectivity index (χ1n) is 14.4. The molecular weight excluding hydrogens is 494 g/mol. The van der Waals surface area contributed by atoms with Gasteiger partial charge in [-0.05, 0) is 79.8 Å². The molecule has 1 fully saturated rings. The molecule has 0 radical (unpaired) electrons. The van der Waals surface area contributed by atoms with Crippen molar-refractivity contribution >= 4 is 11.0 Å². The van der Waals surface area contributed by atoms with Gasteiger partial charge in [-0.25, -0.2) is 4.98 Å². The summed E-state index contributed by atoms with van der Waals surface area (Å²) < 4.78 is 5.46. The molecule has 0 unspecified atom stereocenters. The molecule has 2 aliphatic carbocycles. The van der Waals surface area contributed by atoms with Crippen LogP contribution in [0, 0.1) is 6.92 Å². The van der Waals surface area contributed by atoms with Crippen molar-refractivity contribution in [1.29, 1.82) is 0 Å². The van der Waals surface area contributed by atoms with E-state index in [1.807, 2.05) is 25.6 Å². The number of benzene rings is 2. The second-order valence-corrected chi connectivity index (χ2v) is 11.4. The number of pyridine rings is 2. The fraction of sp³-hybridized carbons (Fsp3) is 0.324. The van der Waals surface area contributed by atoms with Crippen LogP contribution >= 0.6 is 0 Å². The summed E-state index contributed by atoms with van der Waals surface area (Å²) in [5.41, 5.74) is 11.4. The van der Waals surface area contributed by atoms with Gasteiger partial charge in [0.05, 0.1) is 11.8 Å². The van der Waals surface area contributed by atoms with Gasteiger partial charge in [0.1, 0.15) is 5.69 Å². The van der Waals surface area contributed by atoms with Crippen molar-refractivity contribution in [3.05, 3.63) is 89.7 Å². The number of H-pyrrole nitrogens is 1. The maximum absolute atomic E-state index is 5.46. The van der Waals surface area contributed by atoms with E-state index in [1.165, 1.54) is 35.1 Å². The largest absolute Gasteiger partial charge is 0.381 e. The van der Waals surface area contributed by atoms with E-state index in [-0.39, 0.29) is 0 Å². The minimum atomic E-state index is 0.444. The van der Waals surface area contributed by atoms with E-state index in [2.05, 4.69) is 82.0 Å². The van der Waals surface area contributed by atoms with Crippen molar-refractivity contribution in [2.75, 3.05) is 7.11 Å². The van der Waals surface area contributed by atoms with Crippen LogP contribution in [0.25, 0.3) is 44.7 Å². The number of hydrogen-bond donors (Lipinski definition) is 2. The third-order valence-corrected chi connectivity index (χ3v) is 8.82. The fourth-order valence-corrected chi connectivity index (χ4v) is 6.34. The Hall–Kier alpha value is -3.87. The number of aromatic nitrogens is 4. The molecule has 40 heavy (non-hydrogen) atoms. The van der Waals surface area contributed by atoms with Crippen LogP contribution in [0.1, 0.15) is 42.4 Å². The highest BCUT2D eigenvalue weighted by molar-refractivity contribution is 5.93. The van der Waals surface area contributed by atoms with Crippen LogP contribution in [0.15, 0.2) is 73.1 Å². The van der Waals surface area contributed by atoms with E-state index in [0.717, 1.165) is 64.8 Å². The topological polar surface area (TPSA) is 75.7 Å². The number of aromatic amines is 1. The van der Waals surface area contributed by atoms with Gasteiger partial charge in [-0.1, -0.05) is 48.5 Å². The van der Waals surface area contributed by atoms with Crippen LogP contribution in [0.3, 0.4) is 0 Å². The first-order valence-corrected chi connectivity index (χ1v) is 14.4. The molecule has 6 nitrogen and oxygen atoms in total. The molecule has 7 rings (SSSR count). The highest BCUT2D eigenvalue weighted by atomic mass is 16.5. The van der Waals surface area contributed by atoms with Crippen LogP contribution < -0.4 is 5.32 Å². The van der Waals surface area contributed by atoms with Gasteiger partial charge in [-0.3, -0.25) is 10.1 Å². The lowest BCUT2D eigenvalue weighted by atomic mass is 9.88. The number of nitrogens with one attached hydrogen (secondary N) is 2. The molecule has 2 aliphatic rings. The van der Waals surface area contributed by atoms with Crippen LogP contribution in [0.4, 0.5) is 0 Å². The maximum Gasteiger partial charge on any atom is 0.155 e. The Labute approximate surface area is 235 Å². The summed E-state index contributed by atoms with van der Waals surface area (Å²) in [7, 11) is 1.82. The molecule has 2 aromatic carbocycles. The third-order valence-electron chi connectivity index (χ3n) is 8.82. The first-order chi connectivity index (χ1) is 19.6. The molecule has 1 saturated carbocycles. The van der Waals surface area contributed by atoms with Crippen molar-refractivity contribution in [3.63, 3.8) is 0 Å². The molecule has 3 aromatic heterocycles. The number of hydrogen-bond acceptors (Lipinski definition) is 5. The number of aryl methyl sites for hydroxylation is 3. The van der Waals surface area contributed by atoms with E-state index in [0.29, 0.717) is 18.2 Å². The fourth-order valence-electron chi connectivity index (χ4n) is 6.34. The first kappa shape index (κ1) is 25.1. The summed E-state index contributed by atoms with van der Waals surface area (Å²) in [6.07, 6.45) is 11.2. The van der Waals surface area contributed by atoms with Gasteiger partial charge in [0, 0.05) is 53.7 Å². The molecule has 3 heterocycles. The average molecular weight is 530 g/mol. The standard InChI is InChI=1S/C34H35N5O/c1-21-4-3-15-35-32(21)23-6-8-24(9-7-23)33-31-17-27(20-36-34(31)39-38-33)26-10-5-22-11-13-28(14-12-25(22)16-26)37-29-18-30(19-29)40-2/h3-10,15-17,20,28-30,37H,11-14,18-19H2,1-2H3,(H,36,38,39)/t28-,29-,30+/m0/s1. The maximum atomic E-state index is 5.46. The Morgan fingerprint density at radius 1 is 0.800 bits per heavy atom. The van der Waals surface area contributed by atoms with Crippen molar-refractivity contribution in [1.82, 2.24) is 25.5 Å². The lowest BCUT2D eigenvalue weighted by molar-refractivity contribution is 0.0137. The van der Waals surface area contributed by atoms with Gasteiger partial charge in [0.25, 0.3) is 0 Å². The number of rotatable bonds is 6. The zero-order valence-electron chi connectivity index (χ0n) is 23.2. The molecule has 2 N–H and O–H groups in total. The summed E-state index contributed by atoms with van der Waals surface area (Å²) >= 11 is 0. The molecular formula is C34H35N5O. The quantitative estimate of drug-likeness (QED) is 0.240. The lowest BCUT2D eigenvalue weighted by Gasteiger charge is -2.37. The van der Waals surface area contributed by atoms with Crippen LogP contribution in [0.5, 0.6) is 0 Å². The van der Waals surface area contributed by atoms with Crippen LogP contribution in [-0.2, 0) is 17.6 Å². The molecule has 0 saturated heterocycles. The molecule has 6 heteroatoms. The molecule has 202 valence electrons. The lowest BCUT2D eigenvalue weighted by Crippen LogP contribution is -2.49. The summed E-state index contributed by atoms with van der Waals surface area (Å²) in [5.74, 6) is 0. The predicted octanol–water partition coefficient (Wildman–Crippen LogP) is 6.68. The zero-order chi connectivity index (χ0) is 27.1. The summed E-state index contributed by atoms with van der Waals surface area (Å²) in [5, 5.41) is 12.7. The van der Waals surface area contributed by atoms with Gasteiger partial charge >= 0.3 is 0 Å². The summed E-state index contributed by atoms with van der Waals surface area (Å²) in [6.45, 7) is 2.09. The number of nitrogens with zero attached hydrogens (tertiary/aromatic N) is 3. The van der Waals surface area contributed by atoms with E-state index in [1.54, 1.807) is 0 Å². The Bertz CT molecular complexity index is 1650. The normalized spacial score (nSPS) is 20.6. The van der Waals surface area contributed by atoms with E-state index in [4.69, 9.17) is 9.72 Å². The van der Waals surface area contributed by atoms with Gasteiger partial charge in [-0.2, -0.15) is 5.10 Å². The second-order valence-electron chi connectivity index (χ2n) is 11.4. The molecule has 1 atom stereocenters. The van der Waals surface area contributed by atoms with Crippen molar-refractivity contribution < 1.29 is 4.74 Å². The Kier molecular flexibility index (Phi) is 6.66. The number of ether oxygens (including phenoxy) is 1. The highest BCUT2D eigenvalue weighted by Crippen LogP contribution is 2.33. The van der Waals surface area contributed by atoms with Crippen LogP contribution in [-0.4, -0.2) is 45.5 Å². The van der Waals surface area contributed by atoms with Gasteiger partial charge in [0.2, 0.25) is 0 Å². The minimum absolute atomic E-state index is 0.444. The molecule has 0 bridgehead atoms. The zero-order valence-corrected chi connectivity index (χ0v) is 23.2. The number of fused-ring (bicyclic) bond motifs is 2. The van der Waals surface area contributed by atoms with Crippen molar-refractivity contribution in [2.45, 2.75) is 63.6 Å². The SMILES string of the molecule is CO[C@H]1C[C@@H](N[C@H]2CCc3ccc(-c4cnc5[nH]nc(-c6ccc(-c7ncccc7C)cc6)c5c4)cc3CC2)C1. The molecule has 0 amide bonds. The minimum Gasteiger partial charge on any atom is -0.381 e. The second kappa shape index (κ2) is 10.6. The number of methoxy groups -OCH3 is 1. The van der Waals surface area contributed by atoms with E-state index < -0.39 is 0 Å². The Morgan fingerprint density at radius 3 is 2.33 bits per heavy atom. The Balaban J connectivity index is 1.12. The van der Waals surface area contributed by atoms with Gasteiger partial charge in [0.15, 0.2) is 5.65 Å². The third kappa shape index (κ3) is 4.82. The van der Waals surface area contributed by atoms with E-state index in [9.17, 15) is 0 Å². The van der Waals surface area contributed by atoms with Gasteiger partial charge in [-0.15, -0.1) is 0 Å². The smallest absolute Gasteiger partial charge is 0.155 e. The molecule has 5 aromatic rings. The summed E-state index contributed by atoms with van der Waals surface area (Å²) in [6, 6.07) is 22.9. The predicted molar refractivity (Wildman–Crippen MR) is 160 cm³/mol.